The number of rotatable bonds is 2. The van der Waals surface area contributed by atoms with Crippen LogP contribution in [-0.4, -0.2) is 62.2 Å². The quantitative estimate of drug-likeness (QED) is 0.798. The van der Waals surface area contributed by atoms with Gasteiger partial charge in [0, 0.05) is 26.2 Å². The zero-order valence-corrected chi connectivity index (χ0v) is 15.5. The number of piperazine rings is 1. The molecule has 0 N–H and O–H groups in total. The smallest absolute Gasteiger partial charge is 0.228 e. The second-order valence-electron chi connectivity index (χ2n) is 9.20. The van der Waals surface area contributed by atoms with Gasteiger partial charge in [0.2, 0.25) is 5.91 Å². The van der Waals surface area contributed by atoms with Crippen molar-refractivity contribution < 1.29 is 4.79 Å². The molecule has 0 unspecified atom stereocenters. The second-order valence-corrected chi connectivity index (χ2v) is 9.20. The molecule has 3 heterocycles. The van der Waals surface area contributed by atoms with Gasteiger partial charge >= 0.3 is 0 Å². The zero-order valence-electron chi connectivity index (χ0n) is 15.5. The molecule has 2 aromatic heterocycles. The third kappa shape index (κ3) is 2.45. The lowest BCUT2D eigenvalue weighted by molar-refractivity contribution is -0.158. The molecular formula is C19H25N7O. The molecule has 142 valence electrons. The summed E-state index contributed by atoms with van der Waals surface area (Å²) in [6.07, 6.45) is 7.59. The topological polar surface area (TPSA) is 79.5 Å². The number of aromatic nitrogens is 5. The highest BCUT2D eigenvalue weighted by Gasteiger charge is 2.55. The molecule has 7 rings (SSSR count). The van der Waals surface area contributed by atoms with Gasteiger partial charge in [0.15, 0.2) is 11.5 Å². The van der Waals surface area contributed by atoms with Crippen molar-refractivity contribution in [1.29, 1.82) is 0 Å². The first-order valence-electron chi connectivity index (χ1n) is 10.3. The average Bonchev–Trinajstić information content (AvgIpc) is 3.14. The third-order valence-electron chi connectivity index (χ3n) is 7.44. The van der Waals surface area contributed by atoms with E-state index in [0.717, 1.165) is 69.0 Å². The number of carbonyl (C=O) groups excluding carboxylic acids is 1. The Morgan fingerprint density at radius 2 is 1.63 bits per heavy atom. The van der Waals surface area contributed by atoms with Crippen molar-refractivity contribution in [1.82, 2.24) is 30.2 Å². The van der Waals surface area contributed by atoms with Crippen molar-refractivity contribution in [2.45, 2.75) is 38.5 Å². The monoisotopic (exact) mass is 367 g/mol. The molecule has 4 bridgehead atoms. The fraction of sp³-hybridized carbons (Fsp3) is 0.737. The summed E-state index contributed by atoms with van der Waals surface area (Å²) in [5, 5.41) is 15.9. The average molecular weight is 367 g/mol. The molecule has 4 saturated carbocycles. The van der Waals surface area contributed by atoms with Crippen LogP contribution in [0.5, 0.6) is 0 Å². The first kappa shape index (κ1) is 15.8. The number of hydrogen-bond acceptors (Lipinski definition) is 6. The molecule has 5 fully saturated rings. The van der Waals surface area contributed by atoms with E-state index in [2.05, 4.69) is 30.4 Å². The molecule has 4 aliphatic carbocycles. The van der Waals surface area contributed by atoms with E-state index in [9.17, 15) is 4.79 Å². The Morgan fingerprint density at radius 1 is 0.963 bits per heavy atom. The van der Waals surface area contributed by atoms with Crippen molar-refractivity contribution >= 4 is 17.4 Å². The van der Waals surface area contributed by atoms with Crippen LogP contribution in [0.1, 0.15) is 38.5 Å². The highest BCUT2D eigenvalue weighted by Crippen LogP contribution is 2.60. The van der Waals surface area contributed by atoms with Gasteiger partial charge in [0.25, 0.3) is 0 Å². The first-order valence-corrected chi connectivity index (χ1v) is 10.3. The summed E-state index contributed by atoms with van der Waals surface area (Å²) >= 11 is 0. The number of fused-ring (bicyclic) bond motifs is 1. The van der Waals surface area contributed by atoms with Crippen LogP contribution in [0.3, 0.4) is 0 Å². The van der Waals surface area contributed by atoms with E-state index >= 15 is 0 Å². The van der Waals surface area contributed by atoms with Gasteiger partial charge in [-0.3, -0.25) is 4.79 Å². The lowest BCUT2D eigenvalue weighted by Crippen LogP contribution is -2.58. The van der Waals surface area contributed by atoms with E-state index in [-0.39, 0.29) is 5.41 Å². The SMILES string of the molecule is O=C(N1CCN(c2ccc3nnnn3n2)CC1)C12CC3CC(CC(C3)C1)C2. The van der Waals surface area contributed by atoms with Gasteiger partial charge in [-0.1, -0.05) is 0 Å². The minimum absolute atomic E-state index is 0.0273. The molecule has 1 saturated heterocycles. The highest BCUT2D eigenvalue weighted by molar-refractivity contribution is 5.83. The van der Waals surface area contributed by atoms with E-state index < -0.39 is 0 Å². The van der Waals surface area contributed by atoms with E-state index in [1.54, 1.807) is 0 Å². The Bertz CT molecular complexity index is 850. The maximum atomic E-state index is 13.5. The summed E-state index contributed by atoms with van der Waals surface area (Å²) in [6, 6.07) is 3.84. The molecule has 0 aromatic carbocycles. The van der Waals surface area contributed by atoms with Crippen LogP contribution in [0.15, 0.2) is 12.1 Å². The van der Waals surface area contributed by atoms with Crippen LogP contribution in [0.2, 0.25) is 0 Å². The lowest BCUT2D eigenvalue weighted by atomic mass is 9.49. The van der Waals surface area contributed by atoms with Crippen molar-refractivity contribution in [3.05, 3.63) is 12.1 Å². The zero-order chi connectivity index (χ0) is 18.0. The van der Waals surface area contributed by atoms with E-state index in [0.29, 0.717) is 11.6 Å². The predicted octanol–water partition coefficient (Wildman–Crippen LogP) is 1.38. The van der Waals surface area contributed by atoms with E-state index in [1.807, 2.05) is 12.1 Å². The largest absolute Gasteiger partial charge is 0.352 e. The number of anilines is 1. The van der Waals surface area contributed by atoms with E-state index in [4.69, 9.17) is 0 Å². The molecule has 0 atom stereocenters. The molecule has 0 spiro atoms. The number of amides is 1. The van der Waals surface area contributed by atoms with Crippen LogP contribution < -0.4 is 4.90 Å². The van der Waals surface area contributed by atoms with Gasteiger partial charge in [-0.2, -0.15) is 0 Å². The molecule has 1 aliphatic heterocycles. The van der Waals surface area contributed by atoms with Gasteiger partial charge in [0.05, 0.1) is 5.41 Å². The number of tetrazole rings is 1. The first-order chi connectivity index (χ1) is 13.2. The summed E-state index contributed by atoms with van der Waals surface area (Å²) in [7, 11) is 0. The number of nitrogens with zero attached hydrogens (tertiary/aromatic N) is 7. The molecule has 8 heteroatoms. The molecule has 2 aromatic rings. The maximum absolute atomic E-state index is 13.5. The summed E-state index contributed by atoms with van der Waals surface area (Å²) in [5.41, 5.74) is 0.620. The Labute approximate surface area is 157 Å². The summed E-state index contributed by atoms with van der Waals surface area (Å²) < 4.78 is 1.46. The van der Waals surface area contributed by atoms with E-state index in [1.165, 1.54) is 23.9 Å². The van der Waals surface area contributed by atoms with Gasteiger partial charge < -0.3 is 9.80 Å². The van der Waals surface area contributed by atoms with Gasteiger partial charge in [-0.15, -0.1) is 14.8 Å². The number of hydrogen-bond donors (Lipinski definition) is 0. The summed E-state index contributed by atoms with van der Waals surface area (Å²) in [4.78, 5) is 17.9. The van der Waals surface area contributed by atoms with Crippen LogP contribution >= 0.6 is 0 Å². The maximum Gasteiger partial charge on any atom is 0.228 e. The van der Waals surface area contributed by atoms with Crippen LogP contribution in [0.25, 0.3) is 5.65 Å². The fourth-order valence-electron chi connectivity index (χ4n) is 6.66. The second kappa shape index (κ2) is 5.62. The van der Waals surface area contributed by atoms with Gasteiger partial charge in [0.1, 0.15) is 0 Å². The van der Waals surface area contributed by atoms with Crippen molar-refractivity contribution in [2.24, 2.45) is 23.2 Å². The fourth-order valence-corrected chi connectivity index (χ4v) is 6.66. The van der Waals surface area contributed by atoms with Crippen LogP contribution in [0.4, 0.5) is 5.82 Å². The van der Waals surface area contributed by atoms with Crippen molar-refractivity contribution in [3.63, 3.8) is 0 Å². The Kier molecular flexibility index (Phi) is 3.29. The minimum atomic E-state index is -0.0273. The molecular weight excluding hydrogens is 342 g/mol. The van der Waals surface area contributed by atoms with Crippen LogP contribution in [0, 0.1) is 23.2 Å². The third-order valence-corrected chi connectivity index (χ3v) is 7.44. The Morgan fingerprint density at radius 3 is 2.30 bits per heavy atom. The van der Waals surface area contributed by atoms with Gasteiger partial charge in [-0.05, 0) is 78.8 Å². The van der Waals surface area contributed by atoms with Crippen LogP contribution in [-0.2, 0) is 4.79 Å². The molecule has 27 heavy (non-hydrogen) atoms. The molecule has 0 radical (unpaired) electrons. The lowest BCUT2D eigenvalue weighted by Gasteiger charge is -2.57. The van der Waals surface area contributed by atoms with Gasteiger partial charge in [-0.25, -0.2) is 0 Å². The van der Waals surface area contributed by atoms with Crippen molar-refractivity contribution in [2.75, 3.05) is 31.1 Å². The molecule has 5 aliphatic rings. The summed E-state index contributed by atoms with van der Waals surface area (Å²) in [6.45, 7) is 3.21. The van der Waals surface area contributed by atoms with Crippen molar-refractivity contribution in [3.8, 4) is 0 Å². The molecule has 8 nitrogen and oxygen atoms in total. The highest BCUT2D eigenvalue weighted by atomic mass is 16.2. The molecule has 1 amide bonds. The predicted molar refractivity (Wildman–Crippen MR) is 98.0 cm³/mol. The Balaban J connectivity index is 1.16. The Hall–Kier alpha value is -2.25. The normalized spacial score (nSPS) is 35.2. The summed E-state index contributed by atoms with van der Waals surface area (Å²) in [5.74, 6) is 3.76. The standard InChI is InChI=1S/C19H25N7O/c27-18(19-10-13-7-14(11-19)9-15(8-13)12-19)25-5-3-24(4-6-25)17-2-1-16-20-22-23-26(16)21-17/h1-2,13-15H,3-12H2. The minimum Gasteiger partial charge on any atom is -0.352 e. The number of carbonyl (C=O) groups is 1.